The summed E-state index contributed by atoms with van der Waals surface area (Å²) in [6.07, 6.45) is 7.42. The summed E-state index contributed by atoms with van der Waals surface area (Å²) in [5.41, 5.74) is 8.55. The molecular formula is C12H10N4. The van der Waals surface area contributed by atoms with Gasteiger partial charge in [-0.15, -0.1) is 0 Å². The summed E-state index contributed by atoms with van der Waals surface area (Å²) >= 11 is 0. The van der Waals surface area contributed by atoms with Gasteiger partial charge >= 0.3 is 0 Å². The van der Waals surface area contributed by atoms with Crippen molar-refractivity contribution in [3.63, 3.8) is 0 Å². The molecule has 16 heavy (non-hydrogen) atoms. The van der Waals surface area contributed by atoms with Gasteiger partial charge < -0.3 is 5.73 Å². The van der Waals surface area contributed by atoms with E-state index in [-0.39, 0.29) is 0 Å². The highest BCUT2D eigenvalue weighted by atomic mass is 15.1. The zero-order chi connectivity index (χ0) is 11.0. The van der Waals surface area contributed by atoms with Gasteiger partial charge in [-0.05, 0) is 17.7 Å². The van der Waals surface area contributed by atoms with E-state index in [9.17, 15) is 0 Å². The number of hydrogen-bond donors (Lipinski definition) is 1. The lowest BCUT2D eigenvalue weighted by Crippen LogP contribution is -1.90. The molecule has 3 aromatic rings. The molecule has 0 amide bonds. The van der Waals surface area contributed by atoms with Gasteiger partial charge in [0.05, 0.1) is 0 Å². The van der Waals surface area contributed by atoms with E-state index in [0.717, 1.165) is 16.8 Å². The van der Waals surface area contributed by atoms with Crippen molar-refractivity contribution >= 4 is 11.5 Å². The Morgan fingerprint density at radius 3 is 2.62 bits per heavy atom. The summed E-state index contributed by atoms with van der Waals surface area (Å²) in [6.45, 7) is 0. The largest absolute Gasteiger partial charge is 0.399 e. The number of rotatable bonds is 1. The quantitative estimate of drug-likeness (QED) is 0.625. The highest BCUT2D eigenvalue weighted by Gasteiger charge is 2.00. The predicted molar refractivity (Wildman–Crippen MR) is 62.8 cm³/mol. The molecule has 0 aliphatic carbocycles. The van der Waals surface area contributed by atoms with Crippen molar-refractivity contribution in [2.45, 2.75) is 0 Å². The maximum absolute atomic E-state index is 5.65. The molecule has 0 spiro atoms. The first kappa shape index (κ1) is 8.91. The highest BCUT2D eigenvalue weighted by Crippen LogP contribution is 2.19. The third-order valence-electron chi connectivity index (χ3n) is 2.49. The van der Waals surface area contributed by atoms with E-state index < -0.39 is 0 Å². The maximum Gasteiger partial charge on any atom is 0.233 e. The predicted octanol–water partition coefficient (Wildman–Crippen LogP) is 1.98. The summed E-state index contributed by atoms with van der Waals surface area (Å²) in [5.74, 6) is 0.708. The van der Waals surface area contributed by atoms with Crippen LogP contribution in [0, 0.1) is 0 Å². The number of nitrogen functional groups attached to an aromatic ring is 1. The molecule has 0 saturated carbocycles. The lowest BCUT2D eigenvalue weighted by atomic mass is 10.1. The molecule has 78 valence electrons. The van der Waals surface area contributed by atoms with Crippen molar-refractivity contribution in [2.24, 2.45) is 0 Å². The Balaban J connectivity index is 2.14. The monoisotopic (exact) mass is 210 g/mol. The Bertz CT molecular complexity index is 625. The molecule has 0 aliphatic heterocycles. The molecule has 3 rings (SSSR count). The summed E-state index contributed by atoms with van der Waals surface area (Å²) in [6, 6.07) is 7.73. The zero-order valence-corrected chi connectivity index (χ0v) is 8.54. The molecular weight excluding hydrogens is 200 g/mol. The van der Waals surface area contributed by atoms with Crippen LogP contribution >= 0.6 is 0 Å². The minimum atomic E-state index is 0.708. The van der Waals surface area contributed by atoms with Gasteiger partial charge in [0.1, 0.15) is 0 Å². The normalized spacial score (nSPS) is 10.8. The number of nitrogens with two attached hydrogens (primary N) is 1. The number of benzene rings is 1. The number of anilines is 1. The molecule has 2 N–H and O–H groups in total. The molecule has 2 heterocycles. The number of imidazole rings is 1. The third kappa shape index (κ3) is 1.40. The Labute approximate surface area is 92.4 Å². The molecule has 0 fully saturated rings. The smallest absolute Gasteiger partial charge is 0.233 e. The minimum Gasteiger partial charge on any atom is -0.399 e. The molecule has 0 bridgehead atoms. The second-order valence-corrected chi connectivity index (χ2v) is 3.60. The Kier molecular flexibility index (Phi) is 1.86. The maximum atomic E-state index is 5.65. The first-order valence-electron chi connectivity index (χ1n) is 4.97. The summed E-state index contributed by atoms with van der Waals surface area (Å²) < 4.78 is 1.89. The lowest BCUT2D eigenvalue weighted by Gasteiger charge is -2.02. The van der Waals surface area contributed by atoms with Gasteiger partial charge in [0.25, 0.3) is 0 Å². The first-order chi connectivity index (χ1) is 7.83. The Hall–Kier alpha value is -2.36. The minimum absolute atomic E-state index is 0.708. The third-order valence-corrected chi connectivity index (χ3v) is 2.49. The second-order valence-electron chi connectivity index (χ2n) is 3.60. The first-order valence-corrected chi connectivity index (χ1v) is 4.97. The zero-order valence-electron chi connectivity index (χ0n) is 8.54. The molecule has 1 aromatic carbocycles. The standard InChI is InChI=1S/C12H10N4/c13-11-3-1-9(2-4-11)10-7-15-12-14-5-6-16(12)8-10/h1-8H,13H2. The fraction of sp³-hybridized carbons (Fsp3) is 0. The van der Waals surface area contributed by atoms with Crippen LogP contribution in [0.3, 0.4) is 0 Å². The Morgan fingerprint density at radius 1 is 1.00 bits per heavy atom. The average molecular weight is 210 g/mol. The van der Waals surface area contributed by atoms with E-state index in [1.807, 2.05) is 47.3 Å². The van der Waals surface area contributed by atoms with E-state index in [4.69, 9.17) is 5.73 Å². The van der Waals surface area contributed by atoms with E-state index in [2.05, 4.69) is 9.97 Å². The van der Waals surface area contributed by atoms with E-state index in [1.165, 1.54) is 0 Å². The van der Waals surface area contributed by atoms with E-state index >= 15 is 0 Å². The van der Waals surface area contributed by atoms with Crippen molar-refractivity contribution in [3.8, 4) is 11.1 Å². The number of nitrogens with zero attached hydrogens (tertiary/aromatic N) is 3. The molecule has 2 aromatic heterocycles. The van der Waals surface area contributed by atoms with Gasteiger partial charge in [-0.25, -0.2) is 9.97 Å². The van der Waals surface area contributed by atoms with Crippen LogP contribution < -0.4 is 5.73 Å². The lowest BCUT2D eigenvalue weighted by molar-refractivity contribution is 1.11. The van der Waals surface area contributed by atoms with Gasteiger partial charge in [0, 0.05) is 36.0 Å². The van der Waals surface area contributed by atoms with Gasteiger partial charge in [-0.1, -0.05) is 12.1 Å². The SMILES string of the molecule is Nc1ccc(-c2cnc3nccn3c2)cc1. The van der Waals surface area contributed by atoms with Crippen LogP contribution in [0.5, 0.6) is 0 Å². The van der Waals surface area contributed by atoms with Gasteiger partial charge in [0.15, 0.2) is 0 Å². The fourth-order valence-corrected chi connectivity index (χ4v) is 1.64. The van der Waals surface area contributed by atoms with Crippen LogP contribution in [0.1, 0.15) is 0 Å². The van der Waals surface area contributed by atoms with E-state index in [1.54, 1.807) is 6.20 Å². The number of hydrogen-bond acceptors (Lipinski definition) is 3. The van der Waals surface area contributed by atoms with Crippen LogP contribution in [-0.2, 0) is 0 Å². The van der Waals surface area contributed by atoms with Gasteiger partial charge in [-0.3, -0.25) is 4.40 Å². The molecule has 4 nitrogen and oxygen atoms in total. The molecule has 0 aliphatic rings. The fourth-order valence-electron chi connectivity index (χ4n) is 1.64. The van der Waals surface area contributed by atoms with Crippen LogP contribution in [0.15, 0.2) is 49.1 Å². The summed E-state index contributed by atoms with van der Waals surface area (Å²) in [7, 11) is 0. The Morgan fingerprint density at radius 2 is 1.81 bits per heavy atom. The number of aromatic nitrogens is 3. The number of fused-ring (bicyclic) bond motifs is 1. The molecule has 0 atom stereocenters. The van der Waals surface area contributed by atoms with Crippen molar-refractivity contribution in [2.75, 3.05) is 5.73 Å². The van der Waals surface area contributed by atoms with Crippen molar-refractivity contribution in [1.29, 1.82) is 0 Å². The van der Waals surface area contributed by atoms with Crippen LogP contribution in [-0.4, -0.2) is 14.4 Å². The van der Waals surface area contributed by atoms with Crippen LogP contribution in [0.4, 0.5) is 5.69 Å². The van der Waals surface area contributed by atoms with Crippen LogP contribution in [0.2, 0.25) is 0 Å². The van der Waals surface area contributed by atoms with Crippen molar-refractivity contribution in [3.05, 3.63) is 49.1 Å². The second kappa shape index (κ2) is 3.34. The molecule has 0 radical (unpaired) electrons. The van der Waals surface area contributed by atoms with Gasteiger partial charge in [-0.2, -0.15) is 0 Å². The summed E-state index contributed by atoms with van der Waals surface area (Å²) in [5, 5.41) is 0. The topological polar surface area (TPSA) is 56.2 Å². The molecule has 0 unspecified atom stereocenters. The van der Waals surface area contributed by atoms with E-state index in [0.29, 0.717) is 5.78 Å². The average Bonchev–Trinajstić information content (AvgIpc) is 2.77. The van der Waals surface area contributed by atoms with Gasteiger partial charge in [0.2, 0.25) is 5.78 Å². The molecule has 4 heteroatoms. The van der Waals surface area contributed by atoms with Crippen molar-refractivity contribution in [1.82, 2.24) is 14.4 Å². The van der Waals surface area contributed by atoms with Crippen molar-refractivity contribution < 1.29 is 0 Å². The summed E-state index contributed by atoms with van der Waals surface area (Å²) in [4.78, 5) is 8.36. The molecule has 0 saturated heterocycles. The van der Waals surface area contributed by atoms with Crippen LogP contribution in [0.25, 0.3) is 16.9 Å². The highest BCUT2D eigenvalue weighted by molar-refractivity contribution is 5.64.